The van der Waals surface area contributed by atoms with Crippen molar-refractivity contribution in [2.45, 2.75) is 19.8 Å². The van der Waals surface area contributed by atoms with E-state index in [1.807, 2.05) is 31.2 Å². The van der Waals surface area contributed by atoms with E-state index in [-0.39, 0.29) is 5.97 Å². The second kappa shape index (κ2) is 4.40. The maximum Gasteiger partial charge on any atom is 0.313 e. The summed E-state index contributed by atoms with van der Waals surface area (Å²) < 4.78 is 6.15. The predicted octanol–water partition coefficient (Wildman–Crippen LogP) is 3.00. The van der Waals surface area contributed by atoms with Crippen LogP contribution in [0.3, 0.4) is 0 Å². The first-order chi connectivity index (χ1) is 7.29. The Labute approximate surface area is 91.7 Å². The number of carbonyl (C=O) groups excluding carboxylic acids is 1. The van der Waals surface area contributed by atoms with E-state index in [4.69, 9.17) is 4.74 Å². The standard InChI is InChI=1S/C11H11NO2S/c1-2-5-10(13)14-11-12-8-6-3-4-7-9(8)15-11/h3-4,6-7H,2,5H2,1H3. The Morgan fingerprint density at radius 2 is 2.27 bits per heavy atom. The number of fused-ring (bicyclic) bond motifs is 1. The van der Waals surface area contributed by atoms with E-state index < -0.39 is 0 Å². The van der Waals surface area contributed by atoms with Gasteiger partial charge in [0.1, 0.15) is 0 Å². The largest absolute Gasteiger partial charge is 0.398 e. The van der Waals surface area contributed by atoms with Crippen LogP contribution in [0.2, 0.25) is 0 Å². The van der Waals surface area contributed by atoms with Crippen molar-refractivity contribution in [3.8, 4) is 5.19 Å². The quantitative estimate of drug-likeness (QED) is 0.748. The van der Waals surface area contributed by atoms with Crippen molar-refractivity contribution in [2.75, 3.05) is 0 Å². The number of hydrogen-bond acceptors (Lipinski definition) is 4. The molecule has 0 spiro atoms. The molecule has 0 amide bonds. The third-order valence-electron chi connectivity index (χ3n) is 1.93. The average molecular weight is 221 g/mol. The van der Waals surface area contributed by atoms with Gasteiger partial charge >= 0.3 is 5.97 Å². The summed E-state index contributed by atoms with van der Waals surface area (Å²) in [5.41, 5.74) is 0.877. The zero-order valence-corrected chi connectivity index (χ0v) is 9.21. The highest BCUT2D eigenvalue weighted by Crippen LogP contribution is 2.27. The van der Waals surface area contributed by atoms with Crippen LogP contribution in [0.1, 0.15) is 19.8 Å². The fraction of sp³-hybridized carbons (Fsp3) is 0.273. The zero-order valence-electron chi connectivity index (χ0n) is 8.40. The molecular formula is C11H11NO2S. The normalized spacial score (nSPS) is 10.5. The zero-order chi connectivity index (χ0) is 10.7. The molecule has 15 heavy (non-hydrogen) atoms. The number of rotatable bonds is 3. The van der Waals surface area contributed by atoms with Crippen LogP contribution >= 0.6 is 11.3 Å². The summed E-state index contributed by atoms with van der Waals surface area (Å²) in [5.74, 6) is -0.212. The van der Waals surface area contributed by atoms with Gasteiger partial charge in [0.05, 0.1) is 10.2 Å². The summed E-state index contributed by atoms with van der Waals surface area (Å²) in [6.45, 7) is 1.94. The fourth-order valence-corrected chi connectivity index (χ4v) is 2.08. The van der Waals surface area contributed by atoms with Gasteiger partial charge in [-0.15, -0.1) is 0 Å². The van der Waals surface area contributed by atoms with Crippen molar-refractivity contribution in [3.05, 3.63) is 24.3 Å². The highest BCUT2D eigenvalue weighted by Gasteiger charge is 2.08. The Morgan fingerprint density at radius 1 is 1.47 bits per heavy atom. The van der Waals surface area contributed by atoms with Crippen molar-refractivity contribution < 1.29 is 9.53 Å². The third kappa shape index (κ3) is 2.33. The molecule has 0 N–H and O–H groups in total. The van der Waals surface area contributed by atoms with E-state index in [9.17, 15) is 4.79 Å². The van der Waals surface area contributed by atoms with Gasteiger partial charge in [-0.1, -0.05) is 30.4 Å². The van der Waals surface area contributed by atoms with Gasteiger partial charge in [0.15, 0.2) is 0 Å². The summed E-state index contributed by atoms with van der Waals surface area (Å²) in [4.78, 5) is 15.4. The number of hydrogen-bond donors (Lipinski definition) is 0. The van der Waals surface area contributed by atoms with Gasteiger partial charge in [0.2, 0.25) is 0 Å². The number of esters is 1. The number of thiazole rings is 1. The molecule has 0 aliphatic carbocycles. The number of para-hydroxylation sites is 1. The van der Waals surface area contributed by atoms with E-state index >= 15 is 0 Å². The van der Waals surface area contributed by atoms with E-state index in [0.29, 0.717) is 11.6 Å². The molecule has 0 unspecified atom stereocenters. The van der Waals surface area contributed by atoms with Gasteiger partial charge in [-0.3, -0.25) is 4.79 Å². The number of nitrogens with zero attached hydrogens (tertiary/aromatic N) is 1. The minimum Gasteiger partial charge on any atom is -0.398 e. The molecule has 3 nitrogen and oxygen atoms in total. The highest BCUT2D eigenvalue weighted by molar-refractivity contribution is 7.20. The first-order valence-electron chi connectivity index (χ1n) is 4.86. The van der Waals surface area contributed by atoms with Crippen LogP contribution in [0.25, 0.3) is 10.2 Å². The number of ether oxygens (including phenoxy) is 1. The van der Waals surface area contributed by atoms with E-state index in [1.165, 1.54) is 11.3 Å². The Balaban J connectivity index is 2.18. The summed E-state index contributed by atoms with van der Waals surface area (Å²) in [6.07, 6.45) is 1.24. The second-order valence-electron chi connectivity index (χ2n) is 3.17. The van der Waals surface area contributed by atoms with Crippen molar-refractivity contribution >= 4 is 27.5 Å². The van der Waals surface area contributed by atoms with Crippen LogP contribution in [-0.2, 0) is 4.79 Å². The van der Waals surface area contributed by atoms with Crippen molar-refractivity contribution in [3.63, 3.8) is 0 Å². The van der Waals surface area contributed by atoms with Crippen molar-refractivity contribution in [1.82, 2.24) is 4.98 Å². The number of benzene rings is 1. The van der Waals surface area contributed by atoms with Crippen LogP contribution in [0, 0.1) is 0 Å². The van der Waals surface area contributed by atoms with Crippen LogP contribution in [0.5, 0.6) is 5.19 Å². The van der Waals surface area contributed by atoms with Crippen LogP contribution in [0.15, 0.2) is 24.3 Å². The molecule has 1 aromatic carbocycles. The lowest BCUT2D eigenvalue weighted by Gasteiger charge is -1.96. The Morgan fingerprint density at radius 3 is 3.00 bits per heavy atom. The Kier molecular flexibility index (Phi) is 2.97. The molecule has 1 aromatic heterocycles. The molecule has 0 fully saturated rings. The first-order valence-corrected chi connectivity index (χ1v) is 5.67. The van der Waals surface area contributed by atoms with Crippen molar-refractivity contribution in [2.24, 2.45) is 0 Å². The molecular weight excluding hydrogens is 210 g/mol. The third-order valence-corrected chi connectivity index (χ3v) is 2.84. The molecule has 0 radical (unpaired) electrons. The minimum absolute atomic E-state index is 0.212. The minimum atomic E-state index is -0.212. The van der Waals surface area contributed by atoms with Gasteiger partial charge in [-0.05, 0) is 18.6 Å². The smallest absolute Gasteiger partial charge is 0.313 e. The lowest BCUT2D eigenvalue weighted by Crippen LogP contribution is -2.06. The number of carbonyl (C=O) groups is 1. The lowest BCUT2D eigenvalue weighted by molar-refractivity contribution is -0.134. The van der Waals surface area contributed by atoms with Crippen LogP contribution in [0.4, 0.5) is 0 Å². The second-order valence-corrected chi connectivity index (χ2v) is 4.16. The first kappa shape index (κ1) is 10.1. The molecule has 78 valence electrons. The van der Waals surface area contributed by atoms with Crippen LogP contribution < -0.4 is 4.74 Å². The van der Waals surface area contributed by atoms with Gasteiger partial charge < -0.3 is 4.74 Å². The highest BCUT2D eigenvalue weighted by atomic mass is 32.1. The summed E-state index contributed by atoms with van der Waals surface area (Å²) in [7, 11) is 0. The lowest BCUT2D eigenvalue weighted by atomic mass is 10.3. The molecule has 1 heterocycles. The number of aromatic nitrogens is 1. The van der Waals surface area contributed by atoms with Gasteiger partial charge in [-0.25, -0.2) is 4.98 Å². The molecule has 0 atom stereocenters. The van der Waals surface area contributed by atoms with E-state index in [2.05, 4.69) is 4.98 Å². The molecule has 2 aromatic rings. The molecule has 0 bridgehead atoms. The SMILES string of the molecule is CCCC(=O)Oc1nc2ccccc2s1. The Bertz CT molecular complexity index is 445. The molecule has 0 saturated carbocycles. The monoisotopic (exact) mass is 221 g/mol. The molecule has 0 saturated heterocycles. The summed E-state index contributed by atoms with van der Waals surface area (Å²) >= 11 is 1.40. The average Bonchev–Trinajstić information content (AvgIpc) is 2.59. The van der Waals surface area contributed by atoms with Gasteiger partial charge in [-0.2, -0.15) is 0 Å². The molecule has 2 rings (SSSR count). The fourth-order valence-electron chi connectivity index (χ4n) is 1.25. The predicted molar refractivity (Wildman–Crippen MR) is 60.2 cm³/mol. The topological polar surface area (TPSA) is 39.2 Å². The molecule has 0 aliphatic heterocycles. The maximum absolute atomic E-state index is 11.2. The van der Waals surface area contributed by atoms with E-state index in [0.717, 1.165) is 16.6 Å². The van der Waals surface area contributed by atoms with E-state index in [1.54, 1.807) is 0 Å². The summed E-state index contributed by atoms with van der Waals surface area (Å²) in [5, 5.41) is 0.439. The van der Waals surface area contributed by atoms with Crippen LogP contribution in [-0.4, -0.2) is 11.0 Å². The molecule has 4 heteroatoms. The summed E-state index contributed by atoms with van der Waals surface area (Å²) in [6, 6.07) is 7.73. The van der Waals surface area contributed by atoms with Gasteiger partial charge in [0.25, 0.3) is 5.19 Å². The van der Waals surface area contributed by atoms with Crippen molar-refractivity contribution in [1.29, 1.82) is 0 Å². The van der Waals surface area contributed by atoms with Gasteiger partial charge in [0, 0.05) is 6.42 Å². The maximum atomic E-state index is 11.2. The Hall–Kier alpha value is -1.42. The molecule has 0 aliphatic rings.